The van der Waals surface area contributed by atoms with E-state index in [-0.39, 0.29) is 10.6 Å². The van der Waals surface area contributed by atoms with E-state index in [4.69, 9.17) is 4.74 Å². The van der Waals surface area contributed by atoms with E-state index in [0.717, 1.165) is 0 Å². The normalized spacial score (nSPS) is 15.3. The first-order chi connectivity index (χ1) is 13.9. The van der Waals surface area contributed by atoms with Gasteiger partial charge in [-0.15, -0.1) is 0 Å². The molecule has 1 aliphatic heterocycles. The zero-order valence-electron chi connectivity index (χ0n) is 15.4. The molecule has 2 aromatic rings. The Bertz CT molecular complexity index is 1010. The van der Waals surface area contributed by atoms with Gasteiger partial charge in [0.1, 0.15) is 0 Å². The summed E-state index contributed by atoms with van der Waals surface area (Å²) in [6, 6.07) is 11.7. The van der Waals surface area contributed by atoms with Crippen molar-refractivity contribution < 1.29 is 22.9 Å². The van der Waals surface area contributed by atoms with Crippen molar-refractivity contribution in [1.29, 1.82) is 0 Å². The average Bonchev–Trinajstić information content (AvgIpc) is 2.73. The lowest BCUT2D eigenvalue weighted by atomic mass is 10.2. The smallest absolute Gasteiger partial charge is 0.269 e. The van der Waals surface area contributed by atoms with E-state index in [2.05, 4.69) is 5.32 Å². The summed E-state index contributed by atoms with van der Waals surface area (Å²) in [5, 5.41) is 13.3. The Kier molecular flexibility index (Phi) is 6.37. The van der Waals surface area contributed by atoms with Crippen LogP contribution in [0.5, 0.6) is 0 Å². The molecule has 1 N–H and O–H groups in total. The second-order valence-corrected chi connectivity index (χ2v) is 8.15. The maximum Gasteiger partial charge on any atom is 0.269 e. The quantitative estimate of drug-likeness (QED) is 0.437. The van der Waals surface area contributed by atoms with Crippen molar-refractivity contribution in [3.8, 4) is 0 Å². The number of non-ortho nitro benzene ring substituents is 1. The van der Waals surface area contributed by atoms with Gasteiger partial charge >= 0.3 is 0 Å². The van der Waals surface area contributed by atoms with E-state index in [1.54, 1.807) is 0 Å². The van der Waals surface area contributed by atoms with Crippen LogP contribution < -0.4 is 5.32 Å². The van der Waals surface area contributed by atoms with Crippen LogP contribution in [0.4, 0.5) is 11.4 Å². The van der Waals surface area contributed by atoms with Crippen LogP contribution in [-0.2, 0) is 19.6 Å². The number of benzene rings is 2. The highest BCUT2D eigenvalue weighted by atomic mass is 32.2. The molecule has 1 fully saturated rings. The van der Waals surface area contributed by atoms with Crippen LogP contribution in [0.25, 0.3) is 6.08 Å². The Morgan fingerprint density at radius 3 is 2.28 bits per heavy atom. The van der Waals surface area contributed by atoms with Crippen molar-refractivity contribution in [2.75, 3.05) is 31.6 Å². The molecule has 1 amide bonds. The van der Waals surface area contributed by atoms with Gasteiger partial charge in [0.25, 0.3) is 5.69 Å². The number of nitrogens with zero attached hydrogens (tertiary/aromatic N) is 2. The van der Waals surface area contributed by atoms with Crippen LogP contribution in [0.1, 0.15) is 5.56 Å². The SMILES string of the molecule is O=C(C=Cc1ccc([N+](=O)[O-])cc1)Nc1ccc(S(=O)(=O)N2CCOCC2)cc1. The number of carbonyl (C=O) groups is 1. The first kappa shape index (κ1) is 20.6. The summed E-state index contributed by atoms with van der Waals surface area (Å²) in [4.78, 5) is 22.3. The molecule has 29 heavy (non-hydrogen) atoms. The number of carbonyl (C=O) groups excluding carboxylic acids is 1. The third kappa shape index (κ3) is 5.25. The first-order valence-corrected chi connectivity index (χ1v) is 10.2. The highest BCUT2D eigenvalue weighted by Crippen LogP contribution is 2.19. The van der Waals surface area contributed by atoms with E-state index in [9.17, 15) is 23.3 Å². The number of nitro groups is 1. The molecule has 1 heterocycles. The Morgan fingerprint density at radius 2 is 1.69 bits per heavy atom. The van der Waals surface area contributed by atoms with Gasteiger partial charge in [-0.2, -0.15) is 4.31 Å². The summed E-state index contributed by atoms with van der Waals surface area (Å²) in [5.74, 6) is -0.410. The van der Waals surface area contributed by atoms with Gasteiger partial charge in [-0.1, -0.05) is 0 Å². The molecule has 2 aromatic carbocycles. The molecule has 0 bridgehead atoms. The Labute approximate surface area is 167 Å². The molecule has 3 rings (SSSR count). The molecule has 9 nitrogen and oxygen atoms in total. The fourth-order valence-electron chi connectivity index (χ4n) is 2.71. The lowest BCUT2D eigenvalue weighted by molar-refractivity contribution is -0.384. The second-order valence-electron chi connectivity index (χ2n) is 6.21. The monoisotopic (exact) mass is 417 g/mol. The molecular formula is C19H19N3O6S. The number of sulfonamides is 1. The fraction of sp³-hybridized carbons (Fsp3) is 0.211. The number of hydrogen-bond donors (Lipinski definition) is 1. The summed E-state index contributed by atoms with van der Waals surface area (Å²) in [7, 11) is -3.58. The van der Waals surface area contributed by atoms with E-state index in [1.807, 2.05) is 0 Å². The zero-order valence-corrected chi connectivity index (χ0v) is 16.2. The van der Waals surface area contributed by atoms with E-state index >= 15 is 0 Å². The molecule has 152 valence electrons. The third-order valence-electron chi connectivity index (χ3n) is 4.26. The molecule has 0 aliphatic carbocycles. The van der Waals surface area contributed by atoms with Gasteiger partial charge in [-0.25, -0.2) is 8.42 Å². The first-order valence-electron chi connectivity index (χ1n) is 8.78. The van der Waals surface area contributed by atoms with Crippen molar-refractivity contribution in [3.63, 3.8) is 0 Å². The Morgan fingerprint density at radius 1 is 1.07 bits per heavy atom. The Balaban J connectivity index is 1.61. The topological polar surface area (TPSA) is 119 Å². The summed E-state index contributed by atoms with van der Waals surface area (Å²) >= 11 is 0. The van der Waals surface area contributed by atoms with Gasteiger partial charge in [0.05, 0.1) is 23.0 Å². The maximum absolute atomic E-state index is 12.6. The molecule has 0 radical (unpaired) electrons. The maximum atomic E-state index is 12.6. The van der Waals surface area contributed by atoms with Crippen molar-refractivity contribution in [2.45, 2.75) is 4.90 Å². The number of amides is 1. The number of hydrogen-bond acceptors (Lipinski definition) is 6. The van der Waals surface area contributed by atoms with Crippen molar-refractivity contribution in [1.82, 2.24) is 4.31 Å². The van der Waals surface area contributed by atoms with Crippen molar-refractivity contribution in [3.05, 3.63) is 70.3 Å². The summed E-state index contributed by atoms with van der Waals surface area (Å²) < 4.78 is 31.7. The third-order valence-corrected chi connectivity index (χ3v) is 6.17. The van der Waals surface area contributed by atoms with Gasteiger partial charge in [0.15, 0.2) is 0 Å². The number of nitro benzene ring substituents is 1. The number of anilines is 1. The van der Waals surface area contributed by atoms with Gasteiger partial charge in [-0.05, 0) is 48.0 Å². The molecular weight excluding hydrogens is 398 g/mol. The molecule has 0 atom stereocenters. The highest BCUT2D eigenvalue weighted by molar-refractivity contribution is 7.89. The minimum atomic E-state index is -3.58. The standard InChI is InChI=1S/C19H19N3O6S/c23-19(10-3-15-1-6-17(7-2-15)22(24)25)20-16-4-8-18(9-5-16)29(26,27)21-11-13-28-14-12-21/h1-10H,11-14H2,(H,20,23). The minimum absolute atomic E-state index is 0.0290. The van der Waals surface area contributed by atoms with Crippen molar-refractivity contribution >= 4 is 33.4 Å². The van der Waals surface area contributed by atoms with E-state index in [1.165, 1.54) is 65.0 Å². The van der Waals surface area contributed by atoms with E-state index in [0.29, 0.717) is 37.6 Å². The minimum Gasteiger partial charge on any atom is -0.379 e. The molecule has 1 aliphatic rings. The van der Waals surface area contributed by atoms with E-state index < -0.39 is 20.9 Å². The Hall–Kier alpha value is -3.08. The number of ether oxygens (including phenoxy) is 1. The lowest BCUT2D eigenvalue weighted by Gasteiger charge is -2.26. The fourth-order valence-corrected chi connectivity index (χ4v) is 4.12. The van der Waals surface area contributed by atoms with Crippen molar-refractivity contribution in [2.24, 2.45) is 0 Å². The van der Waals surface area contributed by atoms with Gasteiger partial charge in [0.2, 0.25) is 15.9 Å². The molecule has 0 spiro atoms. The molecule has 0 aromatic heterocycles. The number of morpholine rings is 1. The lowest BCUT2D eigenvalue weighted by Crippen LogP contribution is -2.40. The predicted octanol–water partition coefficient (Wildman–Crippen LogP) is 2.27. The molecule has 0 unspecified atom stereocenters. The molecule has 10 heteroatoms. The average molecular weight is 417 g/mol. The molecule has 1 saturated heterocycles. The van der Waals surface area contributed by atoms with Crippen LogP contribution >= 0.6 is 0 Å². The predicted molar refractivity (Wildman–Crippen MR) is 107 cm³/mol. The van der Waals surface area contributed by atoms with Gasteiger partial charge < -0.3 is 10.1 Å². The van der Waals surface area contributed by atoms with Crippen LogP contribution in [0.15, 0.2) is 59.5 Å². The molecule has 0 saturated carbocycles. The number of rotatable bonds is 6. The summed E-state index contributed by atoms with van der Waals surface area (Å²) in [6.07, 6.45) is 2.82. The van der Waals surface area contributed by atoms with Crippen LogP contribution in [0, 0.1) is 10.1 Å². The summed E-state index contributed by atoms with van der Waals surface area (Å²) in [5.41, 5.74) is 1.06. The van der Waals surface area contributed by atoms with Gasteiger partial charge in [0, 0.05) is 37.0 Å². The van der Waals surface area contributed by atoms with Gasteiger partial charge in [-0.3, -0.25) is 14.9 Å². The van der Waals surface area contributed by atoms with Crippen LogP contribution in [0.3, 0.4) is 0 Å². The second kappa shape index (κ2) is 8.95. The zero-order chi connectivity index (χ0) is 20.9. The summed E-state index contributed by atoms with van der Waals surface area (Å²) in [6.45, 7) is 1.37. The van der Waals surface area contributed by atoms with Crippen LogP contribution in [0.2, 0.25) is 0 Å². The highest BCUT2D eigenvalue weighted by Gasteiger charge is 2.26. The number of nitrogens with one attached hydrogen (secondary N) is 1. The van der Waals surface area contributed by atoms with Crippen LogP contribution in [-0.4, -0.2) is 49.9 Å². The largest absolute Gasteiger partial charge is 0.379 e.